The number of cyclic esters (lactones) is 1. The van der Waals surface area contributed by atoms with E-state index < -0.39 is 267 Å². The van der Waals surface area contributed by atoms with Crippen LogP contribution in [0.2, 0.25) is 0 Å². The number of H-pyrrole nitrogens is 1. The van der Waals surface area contributed by atoms with Gasteiger partial charge in [0, 0.05) is 54.2 Å². The van der Waals surface area contributed by atoms with Crippen LogP contribution in [0.3, 0.4) is 0 Å². The molecular weight excluding hydrogens is 1660 g/mol. The summed E-state index contributed by atoms with van der Waals surface area (Å²) in [5.41, 5.74) is 18.3. The van der Waals surface area contributed by atoms with Gasteiger partial charge in [-0.1, -0.05) is 88.8 Å². The summed E-state index contributed by atoms with van der Waals surface area (Å²) in [4.78, 5) is 293. The quantitative estimate of drug-likeness (QED) is 0.00869. The molecule has 126 heavy (non-hydrogen) atoms. The van der Waals surface area contributed by atoms with E-state index in [4.69, 9.17) is 26.7 Å². The van der Waals surface area contributed by atoms with E-state index in [0.717, 1.165) is 52.9 Å². The van der Waals surface area contributed by atoms with Gasteiger partial charge in [0.1, 0.15) is 78.3 Å². The van der Waals surface area contributed by atoms with Crippen LogP contribution in [0.15, 0.2) is 72.9 Å². The van der Waals surface area contributed by atoms with Crippen molar-refractivity contribution in [3.8, 4) is 5.75 Å². The number of carbonyl (C=O) groups is 21. The Morgan fingerprint density at radius 3 is 1.72 bits per heavy atom. The lowest BCUT2D eigenvalue weighted by Gasteiger charge is -2.30. The summed E-state index contributed by atoms with van der Waals surface area (Å²) in [6.45, 7) is 0.764. The number of aromatic nitrogens is 1. The average Bonchev–Trinajstić information content (AvgIpc) is 1.69. The van der Waals surface area contributed by atoms with E-state index in [9.17, 15) is 126 Å². The molecule has 0 aliphatic carbocycles. The number of aromatic amines is 1. The summed E-state index contributed by atoms with van der Waals surface area (Å²) >= 11 is 0. The smallest absolute Gasteiger partial charge is 0.329 e. The lowest BCUT2D eigenvalue weighted by atomic mass is 9.96. The van der Waals surface area contributed by atoms with Gasteiger partial charge in [-0.05, 0) is 74.9 Å². The molecule has 1 fully saturated rings. The van der Waals surface area contributed by atoms with Gasteiger partial charge in [-0.15, -0.1) is 0 Å². The minimum Gasteiger partial charge on any atom is -0.495 e. The molecule has 0 saturated carbocycles. The number of carboxylic acid groups (broad SMARTS) is 4. The van der Waals surface area contributed by atoms with E-state index in [2.05, 4.69) is 70.4 Å². The van der Waals surface area contributed by atoms with Crippen molar-refractivity contribution in [3.05, 3.63) is 89.6 Å². The number of ketones is 1. The van der Waals surface area contributed by atoms with Crippen molar-refractivity contribution in [2.75, 3.05) is 44.8 Å². The van der Waals surface area contributed by atoms with Crippen LogP contribution < -0.4 is 96.4 Å². The van der Waals surface area contributed by atoms with Gasteiger partial charge in [0.05, 0.1) is 70.2 Å². The molecule has 46 heteroatoms. The zero-order valence-electron chi connectivity index (χ0n) is 69.6. The molecule has 4 aromatic rings. The van der Waals surface area contributed by atoms with Crippen molar-refractivity contribution in [1.82, 2.24) is 79.4 Å². The fraction of sp³-hybridized carbons (Fsp3) is 0.487. The highest BCUT2D eigenvalue weighted by molar-refractivity contribution is 6.06. The third-order valence-electron chi connectivity index (χ3n) is 19.7. The molecule has 26 N–H and O–H groups in total. The van der Waals surface area contributed by atoms with E-state index in [-0.39, 0.29) is 54.1 Å². The van der Waals surface area contributed by atoms with Gasteiger partial charge in [-0.25, -0.2) is 4.79 Å². The fourth-order valence-electron chi connectivity index (χ4n) is 12.9. The van der Waals surface area contributed by atoms with Crippen molar-refractivity contribution >= 4 is 147 Å². The Morgan fingerprint density at radius 2 is 1.10 bits per heavy atom. The number of benzene rings is 3. The number of hydrogen-bond donors (Lipinski definition) is 23. The summed E-state index contributed by atoms with van der Waals surface area (Å²) in [6, 6.07) is -6.99. The van der Waals surface area contributed by atoms with Crippen LogP contribution in [0.1, 0.15) is 157 Å². The SMILES string of the molecule is CCCCCCCCCC(=O)N[C@@H](Cc1c[nH]c2ccccc12)C(=O)N[C@@H](CC(N)=O)C(=O)N[C@@H](CC(=O)O)C(=O)N[C@@H]1C(=O)NCC(=O)N[C@@H](CCCNC(=O)c2cccc(OC)c2N)C(=O)N[C@@H](CC(=O)O)C(=O)N[C@H](C)C(=O)N[C@@H](CC(=O)O)C(=O)NCC(=O)N[C@H](CO)C(=O)N[C@@H]([C@H](C)CC(=O)O)C(=O)N[C@@H](CC(=O)c2ccccc2N)C(=O)O[C@@H]1C. The third kappa shape index (κ3) is 33.5. The number of aliphatic carboxylic acids is 4. The van der Waals surface area contributed by atoms with Crippen molar-refractivity contribution in [2.45, 2.75) is 209 Å². The first-order chi connectivity index (χ1) is 59.6. The van der Waals surface area contributed by atoms with E-state index in [1.54, 1.807) is 30.5 Å². The fourth-order valence-corrected chi connectivity index (χ4v) is 12.9. The molecule has 3 aromatic carbocycles. The molecule has 2 heterocycles. The Labute approximate surface area is 720 Å². The maximum atomic E-state index is 15.0. The zero-order chi connectivity index (χ0) is 93.6. The van der Waals surface area contributed by atoms with Crippen molar-refractivity contribution in [3.63, 3.8) is 0 Å². The molecule has 0 bridgehead atoms. The lowest BCUT2D eigenvalue weighted by molar-refractivity contribution is -0.156. The number of fused-ring (bicyclic) bond motifs is 1. The number of carboxylic acids is 4. The number of rotatable bonds is 38. The van der Waals surface area contributed by atoms with Crippen LogP contribution in [0.4, 0.5) is 11.4 Å². The largest absolute Gasteiger partial charge is 0.495 e. The first kappa shape index (κ1) is 102. The number of primary amides is 1. The number of aliphatic hydroxyl groups is 1. The second-order valence-electron chi connectivity index (χ2n) is 29.6. The lowest BCUT2D eigenvalue weighted by Crippen LogP contribution is -2.62. The third-order valence-corrected chi connectivity index (χ3v) is 19.7. The standard InChI is InChI=1S/C80H108N18O28/c1-6-7-8-9-10-11-12-26-59(102)90-49(29-42-35-85-47-23-16-14-19-43(42)47)74(118)93-50(31-58(82)101)75(119)95-53(34-65(111)112)76(120)98-68-41(4)126-80(124)54(30-56(100)44-20-13-15-22-46(44)81)96-79(123)67(39(2)28-62(105)106)97-77(121)55(38-99)91-61(104)36-86-71(115)51(32-63(107)108)92-69(113)40(3)88-73(117)52(33-64(109)110)94-72(116)48(89-60(103)37-87-78(68)122)24-18-27-84-70(114)45-21-17-25-57(125-5)66(45)83/h13-17,19-23,25,35,39-41,48-55,67-68,85,99H,6-12,18,24,26-34,36-38,81,83H2,1-5H3,(H2,82,101)(H,84,114)(H,86,115)(H,87,122)(H,88,117)(H,89,103)(H,90,102)(H,91,104)(H,92,113)(H,93,118)(H,94,116)(H,95,119)(H,96,123)(H,97,121)(H,98,120)(H,105,106)(H,107,108)(H,109,110)(H,111,112)/t39-,40-,41-,48+,49+,50+,51+,52+,53+,54+,55-,67+,68+/m1/s1. The Morgan fingerprint density at radius 1 is 0.548 bits per heavy atom. The van der Waals surface area contributed by atoms with Gasteiger partial charge in [0.2, 0.25) is 82.7 Å². The number of anilines is 2. The number of carbonyl (C=O) groups excluding carboxylic acids is 17. The van der Waals surface area contributed by atoms with Gasteiger partial charge in [-0.2, -0.15) is 0 Å². The molecule has 0 spiro atoms. The molecular formula is C80H108N18O28. The Balaban J connectivity index is 1.64. The van der Waals surface area contributed by atoms with Gasteiger partial charge in [0.25, 0.3) is 5.91 Å². The minimum absolute atomic E-state index is 0.0342. The summed E-state index contributed by atoms with van der Waals surface area (Å²) in [6.07, 6.45) is -3.08. The summed E-state index contributed by atoms with van der Waals surface area (Å²) in [7, 11) is 1.28. The number of hydrogen-bond acceptors (Lipinski definition) is 26. The van der Waals surface area contributed by atoms with Crippen molar-refractivity contribution < 1.29 is 136 Å². The first-order valence-corrected chi connectivity index (χ1v) is 40.1. The van der Waals surface area contributed by atoms with Crippen LogP contribution in [0.25, 0.3) is 10.9 Å². The molecule has 46 nitrogen and oxygen atoms in total. The maximum absolute atomic E-state index is 15.0. The highest BCUT2D eigenvalue weighted by Crippen LogP contribution is 2.26. The second-order valence-corrected chi connectivity index (χ2v) is 29.6. The van der Waals surface area contributed by atoms with E-state index in [1.807, 2.05) is 16.0 Å². The molecule has 5 rings (SSSR count). The molecule has 1 aliphatic heterocycles. The Kier molecular flexibility index (Phi) is 41.3. The molecule has 686 valence electrons. The number of ether oxygens (including phenoxy) is 2. The molecule has 15 amide bonds. The van der Waals surface area contributed by atoms with Gasteiger partial charge in [-0.3, -0.25) is 95.9 Å². The number of esters is 1. The Bertz CT molecular complexity index is 4650. The number of amides is 15. The predicted octanol–water partition coefficient (Wildman–Crippen LogP) is -4.56. The topological polar surface area (TPSA) is 740 Å². The van der Waals surface area contributed by atoms with Gasteiger partial charge >= 0.3 is 29.8 Å². The van der Waals surface area contributed by atoms with Gasteiger partial charge < -0.3 is 132 Å². The number of aliphatic hydroxyl groups excluding tert-OH is 1. The average molecular weight is 1770 g/mol. The van der Waals surface area contributed by atoms with Crippen molar-refractivity contribution in [2.24, 2.45) is 11.7 Å². The molecule has 1 aliphatic rings. The van der Waals surface area contributed by atoms with Crippen LogP contribution in [-0.4, -0.2) is 261 Å². The van der Waals surface area contributed by atoms with E-state index in [1.165, 1.54) is 49.6 Å². The first-order valence-electron chi connectivity index (χ1n) is 40.1. The van der Waals surface area contributed by atoms with Crippen LogP contribution in [0, 0.1) is 5.92 Å². The van der Waals surface area contributed by atoms with E-state index >= 15 is 0 Å². The molecule has 1 aromatic heterocycles. The second kappa shape index (κ2) is 50.9. The normalized spacial score (nSPS) is 20.3. The van der Waals surface area contributed by atoms with Crippen LogP contribution in [0.5, 0.6) is 5.75 Å². The van der Waals surface area contributed by atoms with Crippen LogP contribution in [-0.2, 0) is 102 Å². The monoisotopic (exact) mass is 1770 g/mol. The molecule has 0 unspecified atom stereocenters. The number of nitrogens with one attached hydrogen (secondary N) is 15. The highest BCUT2D eigenvalue weighted by Gasteiger charge is 2.41. The summed E-state index contributed by atoms with van der Waals surface area (Å²) in [5.74, 6) is -31.1. The van der Waals surface area contributed by atoms with Crippen LogP contribution >= 0.6 is 0 Å². The number of unbranched alkanes of at least 4 members (excludes halogenated alkanes) is 6. The predicted molar refractivity (Wildman–Crippen MR) is 441 cm³/mol. The number of methoxy groups -OCH3 is 1. The maximum Gasteiger partial charge on any atom is 0.329 e. The number of para-hydroxylation sites is 3. The number of nitrogens with two attached hydrogens (primary N) is 3. The summed E-state index contributed by atoms with van der Waals surface area (Å²) in [5, 5.41) is 81.7. The summed E-state index contributed by atoms with van der Waals surface area (Å²) < 4.78 is 10.9. The van der Waals surface area contributed by atoms with Crippen molar-refractivity contribution in [1.29, 1.82) is 0 Å². The minimum atomic E-state index is -2.51. The molecule has 1 saturated heterocycles. The number of Topliss-reactive ketones (excluding diaryl/α,β-unsaturated/α-hetero) is 1. The molecule has 13 atom stereocenters. The highest BCUT2D eigenvalue weighted by atomic mass is 16.5. The Hall–Kier alpha value is -14.4. The number of nitrogen functional groups attached to an aromatic ring is 2. The molecule has 0 radical (unpaired) electrons. The van der Waals surface area contributed by atoms with Gasteiger partial charge in [0.15, 0.2) is 5.78 Å². The van der Waals surface area contributed by atoms with E-state index in [0.29, 0.717) is 29.3 Å². The zero-order valence-corrected chi connectivity index (χ0v) is 69.6.